The standard InChI is InChI=1S/C18H26F3N3O/c1-3-7-17(2,22)16(25)24-10-8-23(9-11-24)13-14-5-4-6-15(12-14)18(19,20)21/h4-6,12H,3,7-11,13,22H2,1-2H3. The number of nitrogens with two attached hydrogens (primary N) is 1. The highest BCUT2D eigenvalue weighted by Gasteiger charge is 2.34. The zero-order valence-electron chi connectivity index (χ0n) is 14.8. The number of piperazine rings is 1. The Bertz CT molecular complexity index is 593. The third kappa shape index (κ3) is 5.19. The van der Waals surface area contributed by atoms with E-state index in [0.717, 1.165) is 12.5 Å². The lowest BCUT2D eigenvalue weighted by Gasteiger charge is -2.38. The minimum Gasteiger partial charge on any atom is -0.339 e. The fourth-order valence-corrected chi connectivity index (χ4v) is 3.20. The number of amides is 1. The second-order valence-corrected chi connectivity index (χ2v) is 6.93. The molecule has 1 atom stereocenters. The molecular formula is C18H26F3N3O. The van der Waals surface area contributed by atoms with E-state index in [-0.39, 0.29) is 5.91 Å². The van der Waals surface area contributed by atoms with Crippen LogP contribution in [0.25, 0.3) is 0 Å². The summed E-state index contributed by atoms with van der Waals surface area (Å²) in [6, 6.07) is 5.40. The number of rotatable bonds is 5. The van der Waals surface area contributed by atoms with Gasteiger partial charge < -0.3 is 10.6 Å². The maximum Gasteiger partial charge on any atom is 0.416 e. The van der Waals surface area contributed by atoms with Gasteiger partial charge in [0, 0.05) is 32.7 Å². The number of hydrogen-bond acceptors (Lipinski definition) is 3. The van der Waals surface area contributed by atoms with Gasteiger partial charge in [-0.15, -0.1) is 0 Å². The molecule has 0 aromatic heterocycles. The van der Waals surface area contributed by atoms with Crippen molar-refractivity contribution < 1.29 is 18.0 Å². The average Bonchev–Trinajstić information content (AvgIpc) is 2.54. The van der Waals surface area contributed by atoms with Crippen LogP contribution in [-0.4, -0.2) is 47.4 Å². The molecule has 2 N–H and O–H groups in total. The fraction of sp³-hybridized carbons (Fsp3) is 0.611. The van der Waals surface area contributed by atoms with E-state index in [9.17, 15) is 18.0 Å². The fourth-order valence-electron chi connectivity index (χ4n) is 3.20. The minimum absolute atomic E-state index is 0.0481. The Morgan fingerprint density at radius 2 is 1.84 bits per heavy atom. The largest absolute Gasteiger partial charge is 0.416 e. The molecule has 1 aliphatic heterocycles. The maximum atomic E-state index is 12.8. The van der Waals surface area contributed by atoms with E-state index < -0.39 is 17.3 Å². The Labute approximate surface area is 146 Å². The molecule has 140 valence electrons. The van der Waals surface area contributed by atoms with Gasteiger partial charge >= 0.3 is 6.18 Å². The molecule has 1 unspecified atom stereocenters. The Hall–Kier alpha value is -1.60. The van der Waals surface area contributed by atoms with Crippen molar-refractivity contribution in [3.05, 3.63) is 35.4 Å². The average molecular weight is 357 g/mol. The van der Waals surface area contributed by atoms with Crippen molar-refractivity contribution in [3.8, 4) is 0 Å². The molecule has 1 heterocycles. The second-order valence-electron chi connectivity index (χ2n) is 6.93. The summed E-state index contributed by atoms with van der Waals surface area (Å²) < 4.78 is 38.4. The van der Waals surface area contributed by atoms with Gasteiger partial charge in [0.2, 0.25) is 5.91 Å². The Morgan fingerprint density at radius 1 is 1.20 bits per heavy atom. The van der Waals surface area contributed by atoms with Gasteiger partial charge in [-0.25, -0.2) is 0 Å². The van der Waals surface area contributed by atoms with Crippen LogP contribution >= 0.6 is 0 Å². The summed E-state index contributed by atoms with van der Waals surface area (Å²) >= 11 is 0. The van der Waals surface area contributed by atoms with E-state index in [0.29, 0.717) is 44.7 Å². The van der Waals surface area contributed by atoms with Gasteiger partial charge in [0.1, 0.15) is 0 Å². The zero-order valence-corrected chi connectivity index (χ0v) is 14.8. The van der Waals surface area contributed by atoms with Crippen LogP contribution in [0.3, 0.4) is 0 Å². The van der Waals surface area contributed by atoms with Gasteiger partial charge in [0.25, 0.3) is 0 Å². The lowest BCUT2D eigenvalue weighted by Crippen LogP contribution is -2.58. The monoisotopic (exact) mass is 357 g/mol. The van der Waals surface area contributed by atoms with Crippen molar-refractivity contribution in [2.24, 2.45) is 5.73 Å². The smallest absolute Gasteiger partial charge is 0.339 e. The van der Waals surface area contributed by atoms with Gasteiger partial charge in [-0.05, 0) is 25.0 Å². The van der Waals surface area contributed by atoms with E-state index in [4.69, 9.17) is 5.73 Å². The van der Waals surface area contributed by atoms with Gasteiger partial charge in [-0.3, -0.25) is 9.69 Å². The van der Waals surface area contributed by atoms with E-state index in [1.54, 1.807) is 17.9 Å². The van der Waals surface area contributed by atoms with Crippen molar-refractivity contribution in [1.82, 2.24) is 9.80 Å². The normalized spacial score (nSPS) is 18.9. The summed E-state index contributed by atoms with van der Waals surface area (Å²) in [6.45, 7) is 6.55. The van der Waals surface area contributed by atoms with Crippen LogP contribution in [0.5, 0.6) is 0 Å². The maximum absolute atomic E-state index is 12.8. The molecule has 1 aromatic carbocycles. The molecule has 0 aliphatic carbocycles. The molecule has 1 amide bonds. The molecule has 1 fully saturated rings. The number of alkyl halides is 3. The summed E-state index contributed by atoms with van der Waals surface area (Å²) in [6.07, 6.45) is -2.85. The van der Waals surface area contributed by atoms with Crippen molar-refractivity contribution in [1.29, 1.82) is 0 Å². The lowest BCUT2D eigenvalue weighted by molar-refractivity contribution is -0.139. The molecular weight excluding hydrogens is 331 g/mol. The first-order valence-electron chi connectivity index (χ1n) is 8.60. The van der Waals surface area contributed by atoms with E-state index in [2.05, 4.69) is 4.90 Å². The van der Waals surface area contributed by atoms with Crippen molar-refractivity contribution in [3.63, 3.8) is 0 Å². The lowest BCUT2D eigenvalue weighted by atomic mass is 9.95. The number of hydrogen-bond donors (Lipinski definition) is 1. The molecule has 7 heteroatoms. The predicted molar refractivity (Wildman–Crippen MR) is 90.8 cm³/mol. The predicted octanol–water partition coefficient (Wildman–Crippen LogP) is 2.87. The Balaban J connectivity index is 1.92. The zero-order chi connectivity index (χ0) is 18.7. The quantitative estimate of drug-likeness (QED) is 0.882. The van der Waals surface area contributed by atoms with Gasteiger partial charge in [0.15, 0.2) is 0 Å². The van der Waals surface area contributed by atoms with Gasteiger partial charge in [-0.2, -0.15) is 13.2 Å². The molecule has 0 saturated carbocycles. The number of benzene rings is 1. The molecule has 25 heavy (non-hydrogen) atoms. The minimum atomic E-state index is -4.33. The van der Waals surface area contributed by atoms with Crippen LogP contribution in [0.2, 0.25) is 0 Å². The summed E-state index contributed by atoms with van der Waals surface area (Å²) in [5.41, 5.74) is 5.26. The van der Waals surface area contributed by atoms with Crippen LogP contribution in [0, 0.1) is 0 Å². The molecule has 1 saturated heterocycles. The first-order chi connectivity index (χ1) is 11.6. The summed E-state index contributed by atoms with van der Waals surface area (Å²) in [5.74, 6) is -0.0481. The highest BCUT2D eigenvalue weighted by Crippen LogP contribution is 2.29. The molecule has 1 aliphatic rings. The number of carbonyl (C=O) groups excluding carboxylic acids is 1. The van der Waals surface area contributed by atoms with Crippen LogP contribution in [0.1, 0.15) is 37.8 Å². The number of halogens is 3. The van der Waals surface area contributed by atoms with Crippen LogP contribution in [0.15, 0.2) is 24.3 Å². The third-order valence-corrected chi connectivity index (χ3v) is 4.58. The second kappa shape index (κ2) is 7.74. The number of nitrogens with zero attached hydrogens (tertiary/aromatic N) is 2. The highest BCUT2D eigenvalue weighted by atomic mass is 19.4. The van der Waals surface area contributed by atoms with Crippen LogP contribution in [-0.2, 0) is 17.5 Å². The van der Waals surface area contributed by atoms with Crippen molar-refractivity contribution in [2.75, 3.05) is 26.2 Å². The number of carbonyl (C=O) groups is 1. The molecule has 0 bridgehead atoms. The first-order valence-corrected chi connectivity index (χ1v) is 8.60. The van der Waals surface area contributed by atoms with Crippen molar-refractivity contribution >= 4 is 5.91 Å². The van der Waals surface area contributed by atoms with Crippen LogP contribution < -0.4 is 5.73 Å². The van der Waals surface area contributed by atoms with Crippen LogP contribution in [0.4, 0.5) is 13.2 Å². The SMILES string of the molecule is CCCC(C)(N)C(=O)N1CCN(Cc2cccc(C(F)(F)F)c2)CC1. The Kier molecular flexibility index (Phi) is 6.11. The van der Waals surface area contributed by atoms with Gasteiger partial charge in [0.05, 0.1) is 11.1 Å². The third-order valence-electron chi connectivity index (χ3n) is 4.58. The van der Waals surface area contributed by atoms with E-state index in [1.165, 1.54) is 12.1 Å². The summed E-state index contributed by atoms with van der Waals surface area (Å²) in [4.78, 5) is 16.3. The summed E-state index contributed by atoms with van der Waals surface area (Å²) in [5, 5.41) is 0. The van der Waals surface area contributed by atoms with Gasteiger partial charge in [-0.1, -0.05) is 31.5 Å². The van der Waals surface area contributed by atoms with E-state index in [1.807, 2.05) is 6.92 Å². The molecule has 0 radical (unpaired) electrons. The topological polar surface area (TPSA) is 49.6 Å². The molecule has 0 spiro atoms. The molecule has 1 aromatic rings. The highest BCUT2D eigenvalue weighted by molar-refractivity contribution is 5.85. The van der Waals surface area contributed by atoms with E-state index >= 15 is 0 Å². The molecule has 2 rings (SSSR count). The summed E-state index contributed by atoms with van der Waals surface area (Å²) in [7, 11) is 0. The Morgan fingerprint density at radius 3 is 2.40 bits per heavy atom. The van der Waals surface area contributed by atoms with Crippen molar-refractivity contribution in [2.45, 2.75) is 44.9 Å². The first kappa shape index (κ1) is 19.7. The molecule has 4 nitrogen and oxygen atoms in total.